The summed E-state index contributed by atoms with van der Waals surface area (Å²) in [6, 6.07) is 4.26. The summed E-state index contributed by atoms with van der Waals surface area (Å²) in [6.45, 7) is 5.21. The van der Waals surface area contributed by atoms with Gasteiger partial charge in [-0.1, -0.05) is 32.1 Å². The van der Waals surface area contributed by atoms with Crippen LogP contribution in [0.15, 0.2) is 24.5 Å². The normalized spacial score (nSPS) is 18.6. The number of unbranched alkanes of at least 4 members (excludes halogenated alkanes) is 1. The Labute approximate surface area is 173 Å². The summed E-state index contributed by atoms with van der Waals surface area (Å²) in [5.74, 6) is 7.81. The first-order valence-electron chi connectivity index (χ1n) is 10.6. The fourth-order valence-electron chi connectivity index (χ4n) is 3.51. The van der Waals surface area contributed by atoms with Gasteiger partial charge in [-0.2, -0.15) is 4.98 Å². The fourth-order valence-corrected chi connectivity index (χ4v) is 3.51. The molecule has 6 heteroatoms. The fraction of sp³-hybridized carbons (Fsp3) is 0.522. The Hall–Kier alpha value is -2.65. The average Bonchev–Trinajstić information content (AvgIpc) is 2.75. The van der Waals surface area contributed by atoms with Crippen molar-refractivity contribution in [3.05, 3.63) is 30.1 Å². The SMILES string of the molecule is CCCCNc1ncc(-c2ccc(C#CCO)cn2)c(N[C@H]2CC[C@H](C)CC2)n1. The summed E-state index contributed by atoms with van der Waals surface area (Å²) in [7, 11) is 0. The maximum absolute atomic E-state index is 8.85. The zero-order chi connectivity index (χ0) is 20.5. The molecule has 1 aliphatic rings. The van der Waals surface area contributed by atoms with Crippen molar-refractivity contribution in [2.75, 3.05) is 23.8 Å². The molecule has 2 aromatic heterocycles. The Kier molecular flexibility index (Phi) is 7.83. The number of nitrogens with zero attached hydrogens (tertiary/aromatic N) is 3. The Morgan fingerprint density at radius 2 is 1.97 bits per heavy atom. The van der Waals surface area contributed by atoms with Crippen molar-refractivity contribution >= 4 is 11.8 Å². The van der Waals surface area contributed by atoms with Gasteiger partial charge < -0.3 is 15.7 Å². The largest absolute Gasteiger partial charge is 0.384 e. The smallest absolute Gasteiger partial charge is 0.224 e. The highest BCUT2D eigenvalue weighted by Gasteiger charge is 2.20. The van der Waals surface area contributed by atoms with E-state index in [0.29, 0.717) is 12.0 Å². The third kappa shape index (κ3) is 6.16. The van der Waals surface area contributed by atoms with E-state index >= 15 is 0 Å². The monoisotopic (exact) mass is 393 g/mol. The molecular formula is C23H31N5O. The molecule has 0 atom stereocenters. The van der Waals surface area contributed by atoms with E-state index in [4.69, 9.17) is 10.1 Å². The van der Waals surface area contributed by atoms with Crippen LogP contribution in [0.2, 0.25) is 0 Å². The molecule has 1 aliphatic carbocycles. The number of hydrogen-bond donors (Lipinski definition) is 3. The summed E-state index contributed by atoms with van der Waals surface area (Å²) in [5, 5.41) is 15.8. The summed E-state index contributed by atoms with van der Waals surface area (Å²) in [4.78, 5) is 13.8. The molecule has 154 valence electrons. The number of aromatic nitrogens is 3. The quantitative estimate of drug-likeness (QED) is 0.486. The lowest BCUT2D eigenvalue weighted by atomic mass is 9.87. The highest BCUT2D eigenvalue weighted by Crippen LogP contribution is 2.30. The molecule has 3 N–H and O–H groups in total. The van der Waals surface area contributed by atoms with Crippen molar-refractivity contribution in [3.63, 3.8) is 0 Å². The Bertz CT molecular complexity index is 833. The van der Waals surface area contributed by atoms with E-state index in [1.165, 1.54) is 12.8 Å². The molecule has 0 spiro atoms. The number of aliphatic hydroxyl groups excluding tert-OH is 1. The second-order valence-corrected chi connectivity index (χ2v) is 7.73. The summed E-state index contributed by atoms with van der Waals surface area (Å²) < 4.78 is 0. The predicted octanol–water partition coefficient (Wildman–Crippen LogP) is 4.09. The lowest BCUT2D eigenvalue weighted by molar-refractivity contribution is 0.350. The third-order valence-electron chi connectivity index (χ3n) is 5.31. The van der Waals surface area contributed by atoms with E-state index in [9.17, 15) is 0 Å². The van der Waals surface area contributed by atoms with Gasteiger partial charge >= 0.3 is 0 Å². The van der Waals surface area contributed by atoms with Crippen LogP contribution < -0.4 is 10.6 Å². The van der Waals surface area contributed by atoms with Gasteiger partial charge in [0.1, 0.15) is 12.4 Å². The van der Waals surface area contributed by atoms with Crippen molar-refractivity contribution in [1.29, 1.82) is 0 Å². The first-order valence-corrected chi connectivity index (χ1v) is 10.6. The van der Waals surface area contributed by atoms with Crippen molar-refractivity contribution in [1.82, 2.24) is 15.0 Å². The van der Waals surface area contributed by atoms with Crippen molar-refractivity contribution in [3.8, 4) is 23.1 Å². The van der Waals surface area contributed by atoms with Gasteiger partial charge in [0.15, 0.2) is 0 Å². The van der Waals surface area contributed by atoms with Crippen LogP contribution >= 0.6 is 0 Å². The molecule has 2 heterocycles. The molecule has 0 bridgehead atoms. The van der Waals surface area contributed by atoms with Gasteiger partial charge in [-0.25, -0.2) is 4.98 Å². The lowest BCUT2D eigenvalue weighted by Crippen LogP contribution is -2.26. The topological polar surface area (TPSA) is 83.0 Å². The highest BCUT2D eigenvalue weighted by atomic mass is 16.2. The maximum atomic E-state index is 8.85. The Balaban J connectivity index is 1.83. The van der Waals surface area contributed by atoms with Crippen molar-refractivity contribution in [2.24, 2.45) is 5.92 Å². The van der Waals surface area contributed by atoms with E-state index in [1.807, 2.05) is 18.3 Å². The molecule has 29 heavy (non-hydrogen) atoms. The van der Waals surface area contributed by atoms with E-state index in [-0.39, 0.29) is 6.61 Å². The van der Waals surface area contributed by atoms with Crippen LogP contribution in [0.1, 0.15) is 57.9 Å². The highest BCUT2D eigenvalue weighted by molar-refractivity contribution is 5.73. The van der Waals surface area contributed by atoms with Crippen LogP contribution in [-0.4, -0.2) is 39.3 Å². The molecule has 0 amide bonds. The molecule has 0 aromatic carbocycles. The number of hydrogen-bond acceptors (Lipinski definition) is 6. The average molecular weight is 394 g/mol. The van der Waals surface area contributed by atoms with Crippen molar-refractivity contribution < 1.29 is 5.11 Å². The molecule has 1 saturated carbocycles. The summed E-state index contributed by atoms with van der Waals surface area (Å²) in [6.07, 6.45) is 10.6. The predicted molar refractivity (Wildman–Crippen MR) is 118 cm³/mol. The first kappa shape index (κ1) is 21.1. The van der Waals surface area contributed by atoms with E-state index in [1.54, 1.807) is 6.20 Å². The molecule has 0 saturated heterocycles. The van der Waals surface area contributed by atoms with Crippen molar-refractivity contribution in [2.45, 2.75) is 58.4 Å². The Morgan fingerprint density at radius 1 is 1.14 bits per heavy atom. The zero-order valence-corrected chi connectivity index (χ0v) is 17.4. The first-order chi connectivity index (χ1) is 14.2. The van der Waals surface area contributed by atoms with Gasteiger partial charge in [0, 0.05) is 30.5 Å². The maximum Gasteiger partial charge on any atom is 0.224 e. The summed E-state index contributed by atoms with van der Waals surface area (Å²) in [5.41, 5.74) is 2.48. The molecule has 1 fully saturated rings. The van der Waals surface area contributed by atoms with Gasteiger partial charge in [-0.15, -0.1) is 0 Å². The van der Waals surface area contributed by atoms with E-state index in [2.05, 4.69) is 46.3 Å². The van der Waals surface area contributed by atoms with Crippen LogP contribution in [0.4, 0.5) is 11.8 Å². The molecule has 6 nitrogen and oxygen atoms in total. The minimum absolute atomic E-state index is 0.157. The number of anilines is 2. The van der Waals surface area contributed by atoms with Crippen LogP contribution in [0.3, 0.4) is 0 Å². The van der Waals surface area contributed by atoms with Gasteiger partial charge in [0.2, 0.25) is 5.95 Å². The van der Waals surface area contributed by atoms with E-state index in [0.717, 1.165) is 60.8 Å². The Morgan fingerprint density at radius 3 is 2.66 bits per heavy atom. The number of nitrogens with one attached hydrogen (secondary N) is 2. The van der Waals surface area contributed by atoms with Gasteiger partial charge in [-0.3, -0.25) is 4.98 Å². The third-order valence-corrected chi connectivity index (χ3v) is 5.31. The number of pyridine rings is 1. The van der Waals surface area contributed by atoms with Crippen LogP contribution in [0, 0.1) is 17.8 Å². The second kappa shape index (κ2) is 10.8. The number of rotatable bonds is 7. The molecule has 0 aliphatic heterocycles. The van der Waals surface area contributed by atoms with Gasteiger partial charge in [-0.05, 0) is 50.2 Å². The standard InChI is InChI=1S/C23H31N5O/c1-3-4-13-24-23-26-16-20(21-12-9-18(15-25-21)6-5-14-29)22(28-23)27-19-10-7-17(2)8-11-19/h9,12,15-17,19,29H,3-4,7-8,10-11,13-14H2,1-2H3,(H2,24,26,27,28)/t17-,19-. The number of aliphatic hydroxyl groups is 1. The van der Waals surface area contributed by atoms with E-state index < -0.39 is 0 Å². The van der Waals surface area contributed by atoms with Gasteiger partial charge in [0.05, 0.1) is 11.3 Å². The zero-order valence-electron chi connectivity index (χ0n) is 17.4. The molecule has 2 aromatic rings. The van der Waals surface area contributed by atoms with Crippen LogP contribution in [-0.2, 0) is 0 Å². The second-order valence-electron chi connectivity index (χ2n) is 7.73. The minimum atomic E-state index is -0.157. The van der Waals surface area contributed by atoms with Crippen LogP contribution in [0.25, 0.3) is 11.3 Å². The molecular weight excluding hydrogens is 362 g/mol. The summed E-state index contributed by atoms with van der Waals surface area (Å²) >= 11 is 0. The minimum Gasteiger partial charge on any atom is -0.384 e. The van der Waals surface area contributed by atoms with Gasteiger partial charge in [0.25, 0.3) is 0 Å². The molecule has 0 unspecified atom stereocenters. The molecule has 3 rings (SSSR count). The molecule has 0 radical (unpaired) electrons. The van der Waals surface area contributed by atoms with Crippen LogP contribution in [0.5, 0.6) is 0 Å². The lowest BCUT2D eigenvalue weighted by Gasteiger charge is -2.28.